The van der Waals surface area contributed by atoms with Gasteiger partial charge in [0.15, 0.2) is 0 Å². The minimum Gasteiger partial charge on any atom is -0.550 e. The molecule has 0 aromatic heterocycles. The van der Waals surface area contributed by atoms with Crippen LogP contribution in [0.3, 0.4) is 0 Å². The standard InChI is InChI=1S/C22H16FN3O5S2/c23-12-5-7-13(8-6-12)24-16(27)11-26-15-4-2-1-3-14(15)18(20(26)30)19-21(31)25(22(32)33-19)10-9-17(28)29/h1-8H,9-11H2,(H,24,27)(H,28,29)/p-1/b19-18-. The van der Waals surface area contributed by atoms with E-state index in [9.17, 15) is 28.7 Å². The first kappa shape index (κ1) is 22.6. The Hall–Kier alpha value is -3.57. The lowest BCUT2D eigenvalue weighted by Gasteiger charge is -2.17. The van der Waals surface area contributed by atoms with Crippen LogP contribution in [0.15, 0.2) is 53.4 Å². The predicted octanol–water partition coefficient (Wildman–Crippen LogP) is 1.52. The van der Waals surface area contributed by atoms with E-state index < -0.39 is 35.9 Å². The van der Waals surface area contributed by atoms with Crippen LogP contribution in [0.1, 0.15) is 12.0 Å². The highest BCUT2D eigenvalue weighted by Crippen LogP contribution is 2.44. The van der Waals surface area contributed by atoms with Crippen LogP contribution >= 0.6 is 24.0 Å². The van der Waals surface area contributed by atoms with Gasteiger partial charge in [-0.2, -0.15) is 0 Å². The van der Waals surface area contributed by atoms with Crippen LogP contribution in [0.2, 0.25) is 0 Å². The van der Waals surface area contributed by atoms with Crippen molar-refractivity contribution in [3.05, 3.63) is 64.8 Å². The van der Waals surface area contributed by atoms with E-state index in [2.05, 4.69) is 5.32 Å². The molecule has 168 valence electrons. The minimum atomic E-state index is -1.32. The molecule has 0 aliphatic carbocycles. The van der Waals surface area contributed by atoms with Crippen molar-refractivity contribution in [2.24, 2.45) is 0 Å². The quantitative estimate of drug-likeness (QED) is 0.489. The van der Waals surface area contributed by atoms with Gasteiger partial charge in [-0.15, -0.1) is 0 Å². The fraction of sp³-hybridized carbons (Fsp3) is 0.136. The number of aliphatic carboxylic acids is 1. The summed E-state index contributed by atoms with van der Waals surface area (Å²) in [6, 6.07) is 11.9. The molecule has 1 saturated heterocycles. The zero-order valence-corrected chi connectivity index (χ0v) is 18.5. The van der Waals surface area contributed by atoms with Gasteiger partial charge in [-0.25, -0.2) is 4.39 Å². The molecule has 33 heavy (non-hydrogen) atoms. The van der Waals surface area contributed by atoms with Crippen molar-refractivity contribution in [1.29, 1.82) is 0 Å². The molecule has 8 nitrogen and oxygen atoms in total. The van der Waals surface area contributed by atoms with Crippen LogP contribution in [-0.4, -0.2) is 46.0 Å². The molecule has 11 heteroatoms. The Kier molecular flexibility index (Phi) is 6.25. The van der Waals surface area contributed by atoms with Crippen molar-refractivity contribution in [3.63, 3.8) is 0 Å². The number of carbonyl (C=O) groups excluding carboxylic acids is 4. The summed E-state index contributed by atoms with van der Waals surface area (Å²) in [4.78, 5) is 52.1. The molecule has 0 bridgehead atoms. The highest BCUT2D eigenvalue weighted by atomic mass is 32.2. The van der Waals surface area contributed by atoms with Gasteiger partial charge >= 0.3 is 0 Å². The van der Waals surface area contributed by atoms with Crippen molar-refractivity contribution in [1.82, 2.24) is 4.90 Å². The molecule has 2 aliphatic heterocycles. The van der Waals surface area contributed by atoms with Gasteiger partial charge < -0.3 is 15.2 Å². The summed E-state index contributed by atoms with van der Waals surface area (Å²) in [6.45, 7) is -0.495. The van der Waals surface area contributed by atoms with Gasteiger partial charge in [0.1, 0.15) is 16.7 Å². The van der Waals surface area contributed by atoms with Gasteiger partial charge in [-0.05, 0) is 30.3 Å². The molecular weight excluding hydrogens is 469 g/mol. The maximum absolute atomic E-state index is 13.3. The van der Waals surface area contributed by atoms with E-state index in [0.717, 1.165) is 16.7 Å². The van der Waals surface area contributed by atoms with Gasteiger partial charge in [-0.1, -0.05) is 42.2 Å². The summed E-state index contributed by atoms with van der Waals surface area (Å²) < 4.78 is 13.2. The Bertz CT molecular complexity index is 1230. The number of carboxylic acid groups (broad SMARTS) is 1. The highest BCUT2D eigenvalue weighted by molar-refractivity contribution is 8.26. The second-order valence-electron chi connectivity index (χ2n) is 7.11. The van der Waals surface area contributed by atoms with Gasteiger partial charge in [-0.3, -0.25) is 24.2 Å². The summed E-state index contributed by atoms with van der Waals surface area (Å²) >= 11 is 6.12. The van der Waals surface area contributed by atoms with Gasteiger partial charge in [0, 0.05) is 30.2 Å². The van der Waals surface area contributed by atoms with Gasteiger partial charge in [0.25, 0.3) is 11.8 Å². The van der Waals surface area contributed by atoms with E-state index in [4.69, 9.17) is 12.2 Å². The normalized spacial score (nSPS) is 17.5. The van der Waals surface area contributed by atoms with E-state index >= 15 is 0 Å². The molecule has 2 aliphatic rings. The number of hydrogen-bond acceptors (Lipinski definition) is 7. The first-order valence-corrected chi connectivity index (χ1v) is 10.9. The number of nitrogens with zero attached hydrogens (tertiary/aromatic N) is 2. The molecule has 2 heterocycles. The van der Waals surface area contributed by atoms with Crippen LogP contribution in [0.25, 0.3) is 5.57 Å². The molecule has 0 unspecified atom stereocenters. The Balaban J connectivity index is 1.61. The van der Waals surface area contributed by atoms with Gasteiger partial charge in [0.05, 0.1) is 16.2 Å². The lowest BCUT2D eigenvalue weighted by Crippen LogP contribution is -2.36. The molecule has 0 saturated carbocycles. The number of hydrogen-bond donors (Lipinski definition) is 1. The Morgan fingerprint density at radius 2 is 1.73 bits per heavy atom. The number of thiocarbonyl (C=S) groups is 1. The number of anilines is 2. The maximum atomic E-state index is 13.3. The third-order valence-electron chi connectivity index (χ3n) is 4.97. The van der Waals surface area contributed by atoms with Crippen molar-refractivity contribution in [2.75, 3.05) is 23.3 Å². The highest BCUT2D eigenvalue weighted by Gasteiger charge is 2.42. The van der Waals surface area contributed by atoms with Crippen LogP contribution in [0.4, 0.5) is 15.8 Å². The summed E-state index contributed by atoms with van der Waals surface area (Å²) in [5, 5.41) is 13.4. The van der Waals surface area contributed by atoms with E-state index in [1.807, 2.05) is 0 Å². The topological polar surface area (TPSA) is 110 Å². The average Bonchev–Trinajstić information content (AvgIpc) is 3.20. The summed E-state index contributed by atoms with van der Waals surface area (Å²) in [5.41, 5.74) is 1.40. The van der Waals surface area contributed by atoms with E-state index in [1.165, 1.54) is 29.2 Å². The smallest absolute Gasteiger partial charge is 0.267 e. The van der Waals surface area contributed by atoms with E-state index in [0.29, 0.717) is 16.9 Å². The molecule has 2 aromatic carbocycles. The number of amides is 3. The fourth-order valence-corrected chi connectivity index (χ4v) is 4.86. The average molecular weight is 485 g/mol. The number of benzene rings is 2. The Morgan fingerprint density at radius 3 is 2.42 bits per heavy atom. The van der Waals surface area contributed by atoms with Crippen LogP contribution < -0.4 is 15.3 Å². The molecule has 1 N–H and O–H groups in total. The summed E-state index contributed by atoms with van der Waals surface area (Å²) in [6.07, 6.45) is -0.394. The number of para-hydroxylation sites is 1. The van der Waals surface area contributed by atoms with Crippen molar-refractivity contribution < 1.29 is 28.7 Å². The lowest BCUT2D eigenvalue weighted by molar-refractivity contribution is -0.305. The second-order valence-corrected chi connectivity index (χ2v) is 8.76. The molecule has 0 radical (unpaired) electrons. The molecule has 3 amide bonds. The Labute approximate surface area is 197 Å². The first-order valence-electron chi connectivity index (χ1n) is 9.70. The number of nitrogens with one attached hydrogen (secondary N) is 1. The third kappa shape index (κ3) is 4.50. The van der Waals surface area contributed by atoms with E-state index in [-0.39, 0.29) is 27.9 Å². The van der Waals surface area contributed by atoms with Crippen LogP contribution in [0.5, 0.6) is 0 Å². The Morgan fingerprint density at radius 1 is 1.03 bits per heavy atom. The van der Waals surface area contributed by atoms with Crippen LogP contribution in [-0.2, 0) is 19.2 Å². The lowest BCUT2D eigenvalue weighted by atomic mass is 10.1. The van der Waals surface area contributed by atoms with Crippen molar-refractivity contribution in [3.8, 4) is 0 Å². The third-order valence-corrected chi connectivity index (χ3v) is 6.42. The maximum Gasteiger partial charge on any atom is 0.267 e. The number of fused-ring (bicyclic) bond motifs is 1. The minimum absolute atomic E-state index is 0.0808. The number of carboxylic acids is 1. The number of halogens is 1. The number of carbonyl (C=O) groups is 4. The van der Waals surface area contributed by atoms with Crippen molar-refractivity contribution >= 4 is 68.9 Å². The molecule has 0 spiro atoms. The number of thioether (sulfide) groups is 1. The summed E-state index contributed by atoms with van der Waals surface area (Å²) in [5.74, 6) is -3.39. The molecular formula is C22H15FN3O5S2-. The van der Waals surface area contributed by atoms with Gasteiger partial charge in [0.2, 0.25) is 5.91 Å². The molecule has 1 fully saturated rings. The number of rotatable bonds is 6. The summed E-state index contributed by atoms with van der Waals surface area (Å²) in [7, 11) is 0. The zero-order chi connectivity index (χ0) is 23.7. The molecule has 4 rings (SSSR count). The largest absolute Gasteiger partial charge is 0.550 e. The molecule has 2 aromatic rings. The molecule has 0 atom stereocenters. The van der Waals surface area contributed by atoms with E-state index in [1.54, 1.807) is 24.3 Å². The van der Waals surface area contributed by atoms with Crippen LogP contribution in [0, 0.1) is 5.82 Å². The zero-order valence-electron chi connectivity index (χ0n) is 16.9. The second kappa shape index (κ2) is 9.12. The first-order chi connectivity index (χ1) is 15.8. The fourth-order valence-electron chi connectivity index (χ4n) is 3.48. The predicted molar refractivity (Wildman–Crippen MR) is 122 cm³/mol. The SMILES string of the molecule is O=C([O-])CCN1C(=O)/C(=C2/C(=O)N(CC(=O)Nc3ccc(F)cc3)c3ccccc32)SC1=S. The van der Waals surface area contributed by atoms with Crippen molar-refractivity contribution in [2.45, 2.75) is 6.42 Å². The monoisotopic (exact) mass is 484 g/mol.